The van der Waals surface area contributed by atoms with Gasteiger partial charge >= 0.3 is 0 Å². The van der Waals surface area contributed by atoms with Crippen LogP contribution in [0.1, 0.15) is 5.56 Å². The number of rotatable bonds is 7. The molecule has 0 saturated heterocycles. The summed E-state index contributed by atoms with van der Waals surface area (Å²) in [7, 11) is 3.15. The van der Waals surface area contributed by atoms with Gasteiger partial charge in [0.25, 0.3) is 0 Å². The maximum atomic E-state index is 12.0. The van der Waals surface area contributed by atoms with Crippen molar-refractivity contribution in [3.8, 4) is 11.5 Å². The zero-order chi connectivity index (χ0) is 16.7. The van der Waals surface area contributed by atoms with Crippen molar-refractivity contribution in [2.24, 2.45) is 0 Å². The second kappa shape index (κ2) is 8.84. The lowest BCUT2D eigenvalue weighted by Crippen LogP contribution is -2.14. The number of hydrogen-bond acceptors (Lipinski definition) is 4. The van der Waals surface area contributed by atoms with Crippen LogP contribution in [-0.4, -0.2) is 25.9 Å². The number of hydrogen-bond donors (Lipinski definition) is 1. The van der Waals surface area contributed by atoms with Gasteiger partial charge in [-0.2, -0.15) is 0 Å². The van der Waals surface area contributed by atoms with Crippen molar-refractivity contribution in [2.45, 2.75) is 5.75 Å². The van der Waals surface area contributed by atoms with Crippen molar-refractivity contribution < 1.29 is 14.3 Å². The summed E-state index contributed by atoms with van der Waals surface area (Å²) in [5.74, 6) is 2.37. The first kappa shape index (κ1) is 17.7. The third-order valence-electron chi connectivity index (χ3n) is 3.08. The molecule has 2 rings (SSSR count). The van der Waals surface area contributed by atoms with Crippen molar-refractivity contribution in [2.75, 3.05) is 25.3 Å². The normalized spacial score (nSPS) is 10.2. The van der Waals surface area contributed by atoms with Gasteiger partial charge in [-0.25, -0.2) is 0 Å². The molecule has 0 bridgehead atoms. The molecule has 6 heteroatoms. The van der Waals surface area contributed by atoms with Crippen molar-refractivity contribution in [1.82, 2.24) is 0 Å². The lowest BCUT2D eigenvalue weighted by molar-refractivity contribution is -0.113. The maximum Gasteiger partial charge on any atom is 0.234 e. The first-order valence-electron chi connectivity index (χ1n) is 6.96. The summed E-state index contributed by atoms with van der Waals surface area (Å²) in [5, 5.41) is 2.86. The quantitative estimate of drug-likeness (QED) is 0.757. The zero-order valence-electron chi connectivity index (χ0n) is 13.0. The number of methoxy groups -OCH3 is 2. The molecule has 0 aliphatic carbocycles. The van der Waals surface area contributed by atoms with Crippen LogP contribution in [-0.2, 0) is 10.5 Å². The van der Waals surface area contributed by atoms with Gasteiger partial charge in [-0.05, 0) is 29.8 Å². The summed E-state index contributed by atoms with van der Waals surface area (Å²) in [6, 6.07) is 13.4. The van der Waals surface area contributed by atoms with Crippen LogP contribution in [0, 0.1) is 0 Å². The SMILES string of the molecule is COc1ccc(NC(=O)CSCc2ccc(Br)cc2)cc1OC. The molecule has 122 valence electrons. The molecule has 0 spiro atoms. The Labute approximate surface area is 148 Å². The minimum absolute atomic E-state index is 0.0423. The molecule has 0 unspecified atom stereocenters. The molecule has 0 aliphatic heterocycles. The number of thioether (sulfide) groups is 1. The van der Waals surface area contributed by atoms with E-state index in [0.717, 1.165) is 10.2 Å². The van der Waals surface area contributed by atoms with Gasteiger partial charge in [0.15, 0.2) is 11.5 Å². The average molecular weight is 396 g/mol. The first-order valence-corrected chi connectivity index (χ1v) is 8.91. The molecule has 0 heterocycles. The molecule has 0 saturated carbocycles. The van der Waals surface area contributed by atoms with Gasteiger partial charge in [-0.3, -0.25) is 4.79 Å². The number of nitrogens with one attached hydrogen (secondary N) is 1. The van der Waals surface area contributed by atoms with Crippen LogP contribution in [0.4, 0.5) is 5.69 Å². The number of anilines is 1. The maximum absolute atomic E-state index is 12.0. The molecule has 0 radical (unpaired) electrons. The summed E-state index contributed by atoms with van der Waals surface area (Å²) < 4.78 is 11.4. The minimum atomic E-state index is -0.0423. The van der Waals surface area contributed by atoms with Crippen molar-refractivity contribution in [1.29, 1.82) is 0 Å². The Bertz CT molecular complexity index is 661. The van der Waals surface area contributed by atoms with Crippen molar-refractivity contribution in [3.63, 3.8) is 0 Å². The molecule has 2 aromatic carbocycles. The number of carbonyl (C=O) groups excluding carboxylic acids is 1. The Morgan fingerprint density at radius 2 is 1.78 bits per heavy atom. The number of amides is 1. The van der Waals surface area contributed by atoms with Crippen LogP contribution >= 0.6 is 27.7 Å². The van der Waals surface area contributed by atoms with Crippen LogP contribution in [0.15, 0.2) is 46.9 Å². The number of benzene rings is 2. The Kier molecular flexibility index (Phi) is 6.80. The summed E-state index contributed by atoms with van der Waals surface area (Å²) in [6.07, 6.45) is 0. The Morgan fingerprint density at radius 1 is 1.09 bits per heavy atom. The van der Waals surface area contributed by atoms with E-state index in [4.69, 9.17) is 9.47 Å². The Morgan fingerprint density at radius 3 is 2.43 bits per heavy atom. The fourth-order valence-electron chi connectivity index (χ4n) is 1.95. The molecule has 23 heavy (non-hydrogen) atoms. The van der Waals surface area contributed by atoms with Crippen LogP contribution in [0.25, 0.3) is 0 Å². The van der Waals surface area contributed by atoms with E-state index in [1.54, 1.807) is 44.2 Å². The van der Waals surface area contributed by atoms with Gasteiger partial charge in [-0.1, -0.05) is 28.1 Å². The fourth-order valence-corrected chi connectivity index (χ4v) is 3.01. The number of ether oxygens (including phenoxy) is 2. The predicted octanol–water partition coefficient (Wildman–Crippen LogP) is 4.34. The lowest BCUT2D eigenvalue weighted by atomic mass is 10.2. The summed E-state index contributed by atoms with van der Waals surface area (Å²) in [5.41, 5.74) is 1.88. The molecule has 4 nitrogen and oxygen atoms in total. The summed E-state index contributed by atoms with van der Waals surface area (Å²) >= 11 is 4.98. The van der Waals surface area contributed by atoms with E-state index in [-0.39, 0.29) is 5.91 Å². The highest BCUT2D eigenvalue weighted by molar-refractivity contribution is 9.10. The molecular formula is C17H18BrNO3S. The number of carbonyl (C=O) groups is 1. The fraction of sp³-hybridized carbons (Fsp3) is 0.235. The summed E-state index contributed by atoms with van der Waals surface area (Å²) in [6.45, 7) is 0. The lowest BCUT2D eigenvalue weighted by Gasteiger charge is -2.10. The van der Waals surface area contributed by atoms with Gasteiger partial charge in [0.1, 0.15) is 0 Å². The van der Waals surface area contributed by atoms with E-state index in [1.165, 1.54) is 5.56 Å². The van der Waals surface area contributed by atoms with Crippen LogP contribution in [0.5, 0.6) is 11.5 Å². The molecule has 0 fully saturated rings. The van der Waals surface area contributed by atoms with Gasteiger partial charge < -0.3 is 14.8 Å². The molecule has 0 aromatic heterocycles. The van der Waals surface area contributed by atoms with Crippen molar-refractivity contribution >= 4 is 39.3 Å². The topological polar surface area (TPSA) is 47.6 Å². The van der Waals surface area contributed by atoms with Gasteiger partial charge in [0.05, 0.1) is 20.0 Å². The van der Waals surface area contributed by atoms with Crippen LogP contribution in [0.2, 0.25) is 0 Å². The Hall–Kier alpha value is -1.66. The number of halogens is 1. The zero-order valence-corrected chi connectivity index (χ0v) is 15.4. The van der Waals surface area contributed by atoms with Crippen LogP contribution in [0.3, 0.4) is 0 Å². The molecular weight excluding hydrogens is 378 g/mol. The molecule has 0 aliphatic rings. The van der Waals surface area contributed by atoms with E-state index in [0.29, 0.717) is 22.9 Å². The van der Waals surface area contributed by atoms with E-state index in [2.05, 4.69) is 21.2 Å². The molecule has 1 N–H and O–H groups in total. The van der Waals surface area contributed by atoms with E-state index in [1.807, 2.05) is 24.3 Å². The smallest absolute Gasteiger partial charge is 0.234 e. The second-order valence-electron chi connectivity index (χ2n) is 4.74. The van der Waals surface area contributed by atoms with Gasteiger partial charge in [-0.15, -0.1) is 11.8 Å². The molecule has 1 amide bonds. The largest absolute Gasteiger partial charge is 0.493 e. The molecule has 0 atom stereocenters. The monoisotopic (exact) mass is 395 g/mol. The molecule has 2 aromatic rings. The predicted molar refractivity (Wildman–Crippen MR) is 98.5 cm³/mol. The highest BCUT2D eigenvalue weighted by atomic mass is 79.9. The minimum Gasteiger partial charge on any atom is -0.493 e. The second-order valence-corrected chi connectivity index (χ2v) is 6.64. The van der Waals surface area contributed by atoms with E-state index < -0.39 is 0 Å². The standard InChI is InChI=1S/C17H18BrNO3S/c1-21-15-8-7-14(9-16(15)22-2)19-17(20)11-23-10-12-3-5-13(18)6-4-12/h3-9H,10-11H2,1-2H3,(H,19,20). The third kappa shape index (κ3) is 5.48. The van der Waals surface area contributed by atoms with Gasteiger partial charge in [0.2, 0.25) is 5.91 Å². The highest BCUT2D eigenvalue weighted by Crippen LogP contribution is 2.29. The Balaban J connectivity index is 1.83. The first-order chi connectivity index (χ1) is 11.1. The van der Waals surface area contributed by atoms with E-state index in [9.17, 15) is 4.79 Å². The van der Waals surface area contributed by atoms with Crippen molar-refractivity contribution in [3.05, 3.63) is 52.5 Å². The van der Waals surface area contributed by atoms with Gasteiger partial charge in [0, 0.05) is 22.0 Å². The highest BCUT2D eigenvalue weighted by Gasteiger charge is 2.07. The van der Waals surface area contributed by atoms with E-state index >= 15 is 0 Å². The third-order valence-corrected chi connectivity index (χ3v) is 4.61. The summed E-state index contributed by atoms with van der Waals surface area (Å²) in [4.78, 5) is 12.0. The average Bonchev–Trinajstić information content (AvgIpc) is 2.56. The van der Waals surface area contributed by atoms with Crippen LogP contribution < -0.4 is 14.8 Å².